The monoisotopic (exact) mass is 734 g/mol. The molecule has 0 aliphatic rings. The highest BCUT2D eigenvalue weighted by molar-refractivity contribution is 9.08. The fraction of sp³-hybridized carbons (Fsp3) is 0.409. The SMILES string of the molecule is CC(C)(C)c1cc2c(CBr)c(C(C)(C)C)cc3c2c(c1)c1ccc2c4cc(C(C)(C)C)cc5c(CBr)c(C(C)(C)C)cc(c54)c2c13. The van der Waals surface area contributed by atoms with Crippen molar-refractivity contribution in [1.29, 1.82) is 0 Å². The molecule has 7 aromatic rings. The molecule has 0 atom stereocenters. The molecule has 0 bridgehead atoms. The second-order valence-corrected chi connectivity index (χ2v) is 19.1. The van der Waals surface area contributed by atoms with Gasteiger partial charge in [-0.2, -0.15) is 0 Å². The first-order chi connectivity index (χ1) is 21.3. The average molecular weight is 737 g/mol. The van der Waals surface area contributed by atoms with Gasteiger partial charge in [0.2, 0.25) is 0 Å². The average Bonchev–Trinajstić information content (AvgIpc) is 3.44. The Hall–Kier alpha value is -2.42. The lowest BCUT2D eigenvalue weighted by molar-refractivity contribution is 0.586. The van der Waals surface area contributed by atoms with E-state index in [1.165, 1.54) is 98.0 Å². The minimum Gasteiger partial charge on any atom is -0.0876 e. The Balaban J connectivity index is 1.83. The quantitative estimate of drug-likeness (QED) is 0.155. The number of fused-ring (bicyclic) bond motifs is 7. The van der Waals surface area contributed by atoms with E-state index >= 15 is 0 Å². The first kappa shape index (κ1) is 32.1. The fourth-order valence-electron chi connectivity index (χ4n) is 8.16. The van der Waals surface area contributed by atoms with Gasteiger partial charge in [0.05, 0.1) is 0 Å². The van der Waals surface area contributed by atoms with Crippen molar-refractivity contribution < 1.29 is 0 Å². The molecule has 7 rings (SSSR count). The van der Waals surface area contributed by atoms with Crippen LogP contribution in [0, 0.1) is 0 Å². The van der Waals surface area contributed by atoms with Crippen molar-refractivity contribution in [2.24, 2.45) is 0 Å². The van der Waals surface area contributed by atoms with Gasteiger partial charge in [0.25, 0.3) is 0 Å². The Morgan fingerprint density at radius 1 is 0.370 bits per heavy atom. The number of hydrogen-bond donors (Lipinski definition) is 0. The van der Waals surface area contributed by atoms with Gasteiger partial charge in [-0.1, -0.05) is 139 Å². The topological polar surface area (TPSA) is 0 Å². The highest BCUT2D eigenvalue weighted by Gasteiger charge is 2.30. The van der Waals surface area contributed by atoms with Crippen molar-refractivity contribution in [1.82, 2.24) is 0 Å². The lowest BCUT2D eigenvalue weighted by Gasteiger charge is -2.26. The molecule has 0 nitrogen and oxygen atoms in total. The molecule has 0 N–H and O–H groups in total. The maximum Gasteiger partial charge on any atom is 0.0292 e. The van der Waals surface area contributed by atoms with Crippen LogP contribution in [0.15, 0.2) is 48.5 Å². The van der Waals surface area contributed by atoms with E-state index in [9.17, 15) is 0 Å². The van der Waals surface area contributed by atoms with Gasteiger partial charge in [-0.15, -0.1) is 0 Å². The smallest absolute Gasteiger partial charge is 0.0292 e. The van der Waals surface area contributed by atoms with E-state index in [1.807, 2.05) is 0 Å². The Labute approximate surface area is 292 Å². The zero-order valence-electron chi connectivity index (χ0n) is 29.8. The van der Waals surface area contributed by atoms with Gasteiger partial charge in [-0.05, 0) is 144 Å². The van der Waals surface area contributed by atoms with Gasteiger partial charge < -0.3 is 0 Å². The van der Waals surface area contributed by atoms with Crippen LogP contribution in [-0.4, -0.2) is 0 Å². The largest absolute Gasteiger partial charge is 0.0876 e. The number of alkyl halides is 2. The Bertz CT molecular complexity index is 2170. The molecule has 238 valence electrons. The van der Waals surface area contributed by atoms with Crippen LogP contribution in [0.3, 0.4) is 0 Å². The molecule has 46 heavy (non-hydrogen) atoms. The summed E-state index contributed by atoms with van der Waals surface area (Å²) in [6.07, 6.45) is 0. The minimum absolute atomic E-state index is 0.0150. The van der Waals surface area contributed by atoms with E-state index in [4.69, 9.17) is 0 Å². The lowest BCUT2D eigenvalue weighted by atomic mass is 9.79. The maximum absolute atomic E-state index is 3.95. The summed E-state index contributed by atoms with van der Waals surface area (Å²) in [4.78, 5) is 0. The Morgan fingerprint density at radius 2 is 0.696 bits per heavy atom. The van der Waals surface area contributed by atoms with E-state index in [0.717, 1.165) is 10.7 Å². The number of halogens is 2. The molecular formula is C44H48Br2. The van der Waals surface area contributed by atoms with Crippen molar-refractivity contribution >= 4 is 96.5 Å². The minimum atomic E-state index is 0.0150. The normalized spacial score (nSPS) is 14.0. The molecule has 0 aromatic heterocycles. The molecular weight excluding hydrogens is 688 g/mol. The molecule has 0 saturated carbocycles. The van der Waals surface area contributed by atoms with E-state index < -0.39 is 0 Å². The van der Waals surface area contributed by atoms with Crippen molar-refractivity contribution in [3.63, 3.8) is 0 Å². The van der Waals surface area contributed by atoms with E-state index in [1.54, 1.807) is 0 Å². The molecule has 0 aliphatic carbocycles. The van der Waals surface area contributed by atoms with E-state index in [2.05, 4.69) is 163 Å². The van der Waals surface area contributed by atoms with Gasteiger partial charge in [-0.25, -0.2) is 0 Å². The summed E-state index contributed by atoms with van der Waals surface area (Å²) in [6.45, 7) is 28.3. The van der Waals surface area contributed by atoms with Crippen LogP contribution in [0.25, 0.3) is 64.6 Å². The molecule has 0 heterocycles. The maximum atomic E-state index is 3.95. The molecule has 0 fully saturated rings. The summed E-state index contributed by atoms with van der Waals surface area (Å²) in [5.74, 6) is 0. The predicted molar refractivity (Wildman–Crippen MR) is 214 cm³/mol. The standard InChI is InChI=1S/C44H48Br2/c1-41(2,3)23-15-27-25-13-14-26-28-16-24(42(4,5)6)18-30-34(22-46)36(44(10,11)12)20-32(38(28)30)40(26)39(25)31-19-35(43(7,8)9)33(21-45)29(17-23)37(27)31/h13-20H,21-22H2,1-12H3. The van der Waals surface area contributed by atoms with E-state index in [0.29, 0.717) is 0 Å². The third-order valence-corrected chi connectivity index (χ3v) is 11.8. The Kier molecular flexibility index (Phi) is 7.02. The van der Waals surface area contributed by atoms with Crippen LogP contribution in [0.1, 0.15) is 116 Å². The van der Waals surface area contributed by atoms with Crippen molar-refractivity contribution in [3.05, 3.63) is 81.9 Å². The summed E-state index contributed by atoms with van der Waals surface area (Å²) in [7, 11) is 0. The Morgan fingerprint density at radius 3 is 0.978 bits per heavy atom. The highest BCUT2D eigenvalue weighted by atomic mass is 79.9. The second kappa shape index (κ2) is 10.1. The second-order valence-electron chi connectivity index (χ2n) is 18.0. The van der Waals surface area contributed by atoms with Crippen LogP contribution in [0.5, 0.6) is 0 Å². The molecule has 0 aliphatic heterocycles. The van der Waals surface area contributed by atoms with Gasteiger partial charge >= 0.3 is 0 Å². The summed E-state index contributed by atoms with van der Waals surface area (Å²) in [5.41, 5.74) is 8.67. The van der Waals surface area contributed by atoms with Crippen molar-refractivity contribution in [2.75, 3.05) is 0 Å². The zero-order chi connectivity index (χ0) is 33.5. The van der Waals surface area contributed by atoms with Crippen LogP contribution >= 0.6 is 31.9 Å². The molecule has 0 amide bonds. The van der Waals surface area contributed by atoms with Crippen molar-refractivity contribution in [3.8, 4) is 0 Å². The van der Waals surface area contributed by atoms with Gasteiger partial charge in [0.15, 0.2) is 0 Å². The van der Waals surface area contributed by atoms with Gasteiger partial charge in [-0.3, -0.25) is 0 Å². The van der Waals surface area contributed by atoms with Gasteiger partial charge in [0, 0.05) is 10.7 Å². The summed E-state index contributed by atoms with van der Waals surface area (Å²) in [5, 5.41) is 18.6. The van der Waals surface area contributed by atoms with Crippen LogP contribution in [-0.2, 0) is 32.3 Å². The van der Waals surface area contributed by atoms with Crippen LogP contribution in [0.2, 0.25) is 0 Å². The predicted octanol–water partition coefficient (Wildman–Crippen LogP) is 14.5. The molecule has 0 saturated heterocycles. The number of rotatable bonds is 2. The van der Waals surface area contributed by atoms with Crippen molar-refractivity contribution in [2.45, 2.75) is 115 Å². The lowest BCUT2D eigenvalue weighted by Crippen LogP contribution is -2.15. The first-order valence-electron chi connectivity index (χ1n) is 16.9. The zero-order valence-corrected chi connectivity index (χ0v) is 33.0. The van der Waals surface area contributed by atoms with Gasteiger partial charge in [0.1, 0.15) is 0 Å². The molecule has 0 radical (unpaired) electrons. The third kappa shape index (κ3) is 4.56. The molecule has 0 spiro atoms. The molecule has 2 heteroatoms. The van der Waals surface area contributed by atoms with Crippen LogP contribution in [0.4, 0.5) is 0 Å². The summed E-state index contributed by atoms with van der Waals surface area (Å²) >= 11 is 7.90. The van der Waals surface area contributed by atoms with Crippen LogP contribution < -0.4 is 0 Å². The molecule has 0 unspecified atom stereocenters. The summed E-state index contributed by atoms with van der Waals surface area (Å²) < 4.78 is 0. The highest BCUT2D eigenvalue weighted by Crippen LogP contribution is 2.52. The first-order valence-corrected chi connectivity index (χ1v) is 19.1. The third-order valence-electron chi connectivity index (χ3n) is 10.6. The summed E-state index contributed by atoms with van der Waals surface area (Å²) in [6, 6.07) is 20.0. The number of hydrogen-bond acceptors (Lipinski definition) is 0. The molecule has 7 aromatic carbocycles. The fourth-order valence-corrected chi connectivity index (χ4v) is 9.37. The number of benzene rings is 5. The van der Waals surface area contributed by atoms with E-state index in [-0.39, 0.29) is 21.7 Å².